The monoisotopic (exact) mass is 263 g/mol. The molecule has 3 N–H and O–H groups in total. The maximum Gasteiger partial charge on any atom is 0.324 e. The number of nitrogens with zero attached hydrogens (tertiary/aromatic N) is 1. The molecule has 0 aromatic heterocycles. The summed E-state index contributed by atoms with van der Waals surface area (Å²) in [6.45, 7) is -0.0572. The third-order valence-corrected chi connectivity index (χ3v) is 3.35. The lowest BCUT2D eigenvalue weighted by atomic mass is 10.3. The molecule has 7 nitrogen and oxygen atoms in total. The number of hydrogen-bond acceptors (Lipinski definition) is 5. The van der Waals surface area contributed by atoms with Crippen LogP contribution in [0.2, 0.25) is 0 Å². The SMILES string of the molecule is NCCNS(=O)(=O)c1cccc(F)c1[N+](=O)[O-]. The van der Waals surface area contributed by atoms with Crippen LogP contribution >= 0.6 is 0 Å². The fourth-order valence-electron chi connectivity index (χ4n) is 1.16. The van der Waals surface area contributed by atoms with Crippen LogP contribution in [0.3, 0.4) is 0 Å². The first-order valence-corrected chi connectivity index (χ1v) is 6.01. The number of para-hydroxylation sites is 1. The van der Waals surface area contributed by atoms with Gasteiger partial charge in [-0.05, 0) is 12.1 Å². The first kappa shape index (κ1) is 13.5. The van der Waals surface area contributed by atoms with Gasteiger partial charge < -0.3 is 5.73 Å². The summed E-state index contributed by atoms with van der Waals surface area (Å²) in [4.78, 5) is 8.82. The van der Waals surface area contributed by atoms with Crippen molar-refractivity contribution in [2.75, 3.05) is 13.1 Å². The Hall–Kier alpha value is -1.58. The van der Waals surface area contributed by atoms with Crippen LogP contribution < -0.4 is 10.5 Å². The van der Waals surface area contributed by atoms with E-state index in [0.717, 1.165) is 18.2 Å². The first-order valence-electron chi connectivity index (χ1n) is 4.53. The van der Waals surface area contributed by atoms with E-state index in [1.165, 1.54) is 0 Å². The lowest BCUT2D eigenvalue weighted by molar-refractivity contribution is -0.390. The van der Waals surface area contributed by atoms with Gasteiger partial charge in [-0.15, -0.1) is 0 Å². The zero-order chi connectivity index (χ0) is 13.1. The van der Waals surface area contributed by atoms with E-state index in [1.54, 1.807) is 0 Å². The van der Waals surface area contributed by atoms with E-state index < -0.39 is 31.3 Å². The second kappa shape index (κ2) is 5.17. The lowest BCUT2D eigenvalue weighted by Crippen LogP contribution is -2.29. The molecule has 1 aromatic rings. The van der Waals surface area contributed by atoms with Crippen molar-refractivity contribution in [1.82, 2.24) is 4.72 Å². The number of nitro benzene ring substituents is 1. The van der Waals surface area contributed by atoms with Gasteiger partial charge in [-0.1, -0.05) is 6.07 Å². The molecule has 9 heteroatoms. The minimum Gasteiger partial charge on any atom is -0.329 e. The standard InChI is InChI=1S/C8H10FN3O4S/c9-6-2-1-3-7(8(6)12(13)14)17(15,16)11-5-4-10/h1-3,11H,4-5,10H2. The van der Waals surface area contributed by atoms with Crippen LogP contribution in [0, 0.1) is 15.9 Å². The molecule has 0 saturated carbocycles. The largest absolute Gasteiger partial charge is 0.329 e. The van der Waals surface area contributed by atoms with Crippen LogP contribution in [0.5, 0.6) is 0 Å². The molecule has 0 spiro atoms. The summed E-state index contributed by atoms with van der Waals surface area (Å²) in [5, 5.41) is 10.6. The van der Waals surface area contributed by atoms with Crippen molar-refractivity contribution in [2.45, 2.75) is 4.90 Å². The van der Waals surface area contributed by atoms with Crippen LogP contribution in [0.4, 0.5) is 10.1 Å². The van der Waals surface area contributed by atoms with Crippen LogP contribution in [0.25, 0.3) is 0 Å². The van der Waals surface area contributed by atoms with Gasteiger partial charge in [0.25, 0.3) is 0 Å². The Morgan fingerprint density at radius 1 is 1.47 bits per heavy atom. The number of rotatable bonds is 5. The molecule has 0 aliphatic carbocycles. The Bertz CT molecular complexity index is 532. The fraction of sp³-hybridized carbons (Fsp3) is 0.250. The number of nitro groups is 1. The molecule has 0 unspecified atom stereocenters. The number of sulfonamides is 1. The van der Waals surface area contributed by atoms with Gasteiger partial charge in [-0.3, -0.25) is 10.1 Å². The molecule has 0 fully saturated rings. The van der Waals surface area contributed by atoms with Crippen LogP contribution in [0.1, 0.15) is 0 Å². The van der Waals surface area contributed by atoms with Gasteiger partial charge in [0.05, 0.1) is 4.92 Å². The fourth-order valence-corrected chi connectivity index (χ4v) is 2.39. The first-order chi connectivity index (χ1) is 7.90. The van der Waals surface area contributed by atoms with Crippen molar-refractivity contribution < 1.29 is 17.7 Å². The molecule has 0 bridgehead atoms. The Kier molecular flexibility index (Phi) is 4.10. The summed E-state index contributed by atoms with van der Waals surface area (Å²) in [5.74, 6) is -1.20. The normalized spacial score (nSPS) is 11.4. The van der Waals surface area contributed by atoms with E-state index in [4.69, 9.17) is 5.73 Å². The highest BCUT2D eigenvalue weighted by molar-refractivity contribution is 7.89. The molecule has 0 radical (unpaired) electrons. The average molecular weight is 263 g/mol. The summed E-state index contributed by atoms with van der Waals surface area (Å²) in [6.07, 6.45) is 0. The Balaban J connectivity index is 3.31. The number of nitrogens with two attached hydrogens (primary N) is 1. The Labute approximate surface area is 96.6 Å². The number of hydrogen-bond donors (Lipinski definition) is 2. The third kappa shape index (κ3) is 2.96. The maximum atomic E-state index is 13.2. The maximum absolute atomic E-state index is 13.2. The molecular formula is C8H10FN3O4S. The second-order valence-corrected chi connectivity index (χ2v) is 4.77. The van der Waals surface area contributed by atoms with E-state index >= 15 is 0 Å². The highest BCUT2D eigenvalue weighted by Crippen LogP contribution is 2.26. The molecule has 1 rings (SSSR count). The average Bonchev–Trinajstić information content (AvgIpc) is 2.25. The predicted octanol–water partition coefficient (Wildman–Crippen LogP) is -0.0291. The highest BCUT2D eigenvalue weighted by Gasteiger charge is 2.28. The van der Waals surface area contributed by atoms with Gasteiger partial charge >= 0.3 is 5.69 Å². The highest BCUT2D eigenvalue weighted by atomic mass is 32.2. The molecule has 0 saturated heterocycles. The van der Waals surface area contributed by atoms with Crippen molar-refractivity contribution >= 4 is 15.7 Å². The van der Waals surface area contributed by atoms with Gasteiger partial charge in [0.2, 0.25) is 15.8 Å². The van der Waals surface area contributed by atoms with E-state index in [1.807, 2.05) is 4.72 Å². The third-order valence-electron chi connectivity index (χ3n) is 1.86. The molecular weight excluding hydrogens is 253 g/mol. The molecule has 0 aliphatic rings. The van der Waals surface area contributed by atoms with Gasteiger partial charge in [-0.25, -0.2) is 13.1 Å². The number of nitrogens with one attached hydrogen (secondary N) is 1. The number of benzene rings is 1. The molecule has 17 heavy (non-hydrogen) atoms. The quantitative estimate of drug-likeness (QED) is 0.571. The van der Waals surface area contributed by atoms with Crippen molar-refractivity contribution in [3.8, 4) is 0 Å². The van der Waals surface area contributed by atoms with Gasteiger partial charge in [-0.2, -0.15) is 4.39 Å². The molecule has 0 aliphatic heterocycles. The van der Waals surface area contributed by atoms with Gasteiger partial charge in [0, 0.05) is 13.1 Å². The molecule has 0 heterocycles. The summed E-state index contributed by atoms with van der Waals surface area (Å²) in [5.41, 5.74) is 4.03. The molecule has 1 aromatic carbocycles. The van der Waals surface area contributed by atoms with E-state index in [0.29, 0.717) is 0 Å². The van der Waals surface area contributed by atoms with Crippen molar-refractivity contribution in [2.24, 2.45) is 5.73 Å². The summed E-state index contributed by atoms with van der Waals surface area (Å²) >= 11 is 0. The van der Waals surface area contributed by atoms with Crippen LogP contribution in [0.15, 0.2) is 23.1 Å². The minimum absolute atomic E-state index is 0.0301. The van der Waals surface area contributed by atoms with E-state index in [9.17, 15) is 22.9 Å². The Morgan fingerprint density at radius 3 is 2.65 bits per heavy atom. The predicted molar refractivity (Wildman–Crippen MR) is 57.3 cm³/mol. The lowest BCUT2D eigenvalue weighted by Gasteiger charge is -2.06. The minimum atomic E-state index is -4.13. The van der Waals surface area contributed by atoms with Gasteiger partial charge in [0.15, 0.2) is 4.90 Å². The zero-order valence-corrected chi connectivity index (χ0v) is 9.41. The van der Waals surface area contributed by atoms with Crippen molar-refractivity contribution in [3.63, 3.8) is 0 Å². The topological polar surface area (TPSA) is 115 Å². The molecule has 94 valence electrons. The van der Waals surface area contributed by atoms with E-state index in [-0.39, 0.29) is 13.1 Å². The van der Waals surface area contributed by atoms with Crippen LogP contribution in [-0.2, 0) is 10.0 Å². The molecule has 0 amide bonds. The number of halogens is 1. The van der Waals surface area contributed by atoms with Crippen molar-refractivity contribution in [1.29, 1.82) is 0 Å². The zero-order valence-electron chi connectivity index (χ0n) is 8.59. The van der Waals surface area contributed by atoms with Crippen molar-refractivity contribution in [3.05, 3.63) is 34.1 Å². The van der Waals surface area contributed by atoms with Gasteiger partial charge in [0.1, 0.15) is 0 Å². The summed E-state index contributed by atoms with van der Waals surface area (Å²) in [6, 6.07) is 2.86. The Morgan fingerprint density at radius 2 is 2.12 bits per heavy atom. The van der Waals surface area contributed by atoms with E-state index in [2.05, 4.69) is 0 Å². The smallest absolute Gasteiger partial charge is 0.324 e. The molecule has 0 atom stereocenters. The summed E-state index contributed by atoms with van der Waals surface area (Å²) in [7, 11) is -4.13. The second-order valence-electron chi connectivity index (χ2n) is 3.03. The summed E-state index contributed by atoms with van der Waals surface area (Å²) < 4.78 is 38.5. The van der Waals surface area contributed by atoms with Crippen LogP contribution in [-0.4, -0.2) is 26.4 Å².